The number of para-hydroxylation sites is 2. The van der Waals surface area contributed by atoms with Gasteiger partial charge in [0.2, 0.25) is 5.91 Å². The molecule has 1 atom stereocenters. The number of amides is 1. The lowest BCUT2D eigenvalue weighted by Gasteiger charge is -2.16. The number of nitrogens with one attached hydrogen (secondary N) is 1. The number of hydrogen-bond donors (Lipinski definition) is 1. The summed E-state index contributed by atoms with van der Waals surface area (Å²) in [5, 5.41) is 3.97. The number of benzene rings is 3. The fourth-order valence-electron chi connectivity index (χ4n) is 3.50. The van der Waals surface area contributed by atoms with Crippen molar-refractivity contribution < 1.29 is 4.79 Å². The van der Waals surface area contributed by atoms with E-state index in [1.807, 2.05) is 67.6 Å². The second-order valence-electron chi connectivity index (χ2n) is 7.63. The lowest BCUT2D eigenvalue weighted by molar-refractivity contribution is -0.115. The summed E-state index contributed by atoms with van der Waals surface area (Å²) in [6.45, 7) is 3.83. The monoisotopic (exact) mass is 472 g/mol. The SMILES string of the molecule is Cc1ccc2nc(NC(=O)C(C)Sc3nc4ccccc4c(=O)n3-c3ccccc3)sc2c1. The summed E-state index contributed by atoms with van der Waals surface area (Å²) >= 11 is 2.69. The normalized spacial score (nSPS) is 12.2. The number of aromatic nitrogens is 3. The highest BCUT2D eigenvalue weighted by atomic mass is 32.2. The van der Waals surface area contributed by atoms with Gasteiger partial charge in [0, 0.05) is 0 Å². The third-order valence-electron chi connectivity index (χ3n) is 5.18. The Morgan fingerprint density at radius 1 is 1.00 bits per heavy atom. The van der Waals surface area contributed by atoms with Gasteiger partial charge in [-0.25, -0.2) is 9.97 Å². The number of hydrogen-bond acceptors (Lipinski definition) is 6. The number of carbonyl (C=O) groups excluding carboxylic acids is 1. The molecular weight excluding hydrogens is 452 g/mol. The Balaban J connectivity index is 1.47. The minimum absolute atomic E-state index is 0.163. The zero-order chi connectivity index (χ0) is 22.9. The number of anilines is 1. The summed E-state index contributed by atoms with van der Waals surface area (Å²) in [4.78, 5) is 35.5. The maximum absolute atomic E-state index is 13.3. The van der Waals surface area contributed by atoms with E-state index >= 15 is 0 Å². The summed E-state index contributed by atoms with van der Waals surface area (Å²) in [6.07, 6.45) is 0. The van der Waals surface area contributed by atoms with Gasteiger partial charge in [-0.1, -0.05) is 59.5 Å². The molecule has 0 fully saturated rings. The van der Waals surface area contributed by atoms with E-state index in [1.165, 1.54) is 23.1 Å². The van der Waals surface area contributed by atoms with E-state index in [-0.39, 0.29) is 11.5 Å². The molecule has 2 heterocycles. The Morgan fingerprint density at radius 3 is 2.58 bits per heavy atom. The molecule has 1 N–H and O–H groups in total. The first-order chi connectivity index (χ1) is 16.0. The number of fused-ring (bicyclic) bond motifs is 2. The summed E-state index contributed by atoms with van der Waals surface area (Å²) in [5.74, 6) is -0.196. The Bertz CT molecular complexity index is 1540. The van der Waals surface area contributed by atoms with Crippen molar-refractivity contribution in [2.75, 3.05) is 5.32 Å². The lowest BCUT2D eigenvalue weighted by Crippen LogP contribution is -2.26. The third-order valence-corrected chi connectivity index (χ3v) is 7.17. The van der Waals surface area contributed by atoms with Crippen LogP contribution in [-0.2, 0) is 4.79 Å². The highest BCUT2D eigenvalue weighted by Gasteiger charge is 2.21. The minimum atomic E-state index is -0.498. The zero-order valence-corrected chi connectivity index (χ0v) is 19.6. The van der Waals surface area contributed by atoms with E-state index in [4.69, 9.17) is 4.98 Å². The van der Waals surface area contributed by atoms with Crippen LogP contribution in [0.3, 0.4) is 0 Å². The molecule has 33 heavy (non-hydrogen) atoms. The van der Waals surface area contributed by atoms with Gasteiger partial charge in [0.05, 0.1) is 32.1 Å². The largest absolute Gasteiger partial charge is 0.301 e. The van der Waals surface area contributed by atoms with Crippen LogP contribution >= 0.6 is 23.1 Å². The Labute approximate surface area is 198 Å². The fraction of sp³-hybridized carbons (Fsp3) is 0.120. The van der Waals surface area contributed by atoms with Crippen molar-refractivity contribution in [3.05, 3.63) is 88.7 Å². The number of thiazole rings is 1. The van der Waals surface area contributed by atoms with E-state index in [2.05, 4.69) is 16.4 Å². The first kappa shape index (κ1) is 21.4. The molecule has 164 valence electrons. The summed E-state index contributed by atoms with van der Waals surface area (Å²) in [7, 11) is 0. The van der Waals surface area contributed by atoms with Crippen LogP contribution in [0.25, 0.3) is 26.8 Å². The molecule has 1 unspecified atom stereocenters. The quantitative estimate of drug-likeness (QED) is 0.273. The standard InChI is InChI=1S/C25H20N4O2S2/c1-15-12-13-20-21(14-15)33-24(26-20)28-22(30)16(2)32-25-27-19-11-7-6-10-18(19)23(31)29(25)17-8-4-3-5-9-17/h3-14,16H,1-2H3,(H,26,28,30). The van der Waals surface area contributed by atoms with E-state index in [1.54, 1.807) is 17.6 Å². The van der Waals surface area contributed by atoms with Gasteiger partial charge in [-0.3, -0.25) is 14.2 Å². The molecule has 2 aromatic heterocycles. The molecule has 0 saturated carbocycles. The Hall–Kier alpha value is -3.49. The summed E-state index contributed by atoms with van der Waals surface area (Å²) in [5.41, 5.74) is 3.15. The lowest BCUT2D eigenvalue weighted by atomic mass is 10.2. The maximum atomic E-state index is 13.3. The molecule has 0 aliphatic carbocycles. The van der Waals surface area contributed by atoms with Crippen LogP contribution in [0.5, 0.6) is 0 Å². The average molecular weight is 473 g/mol. The van der Waals surface area contributed by atoms with Crippen molar-refractivity contribution in [2.24, 2.45) is 0 Å². The van der Waals surface area contributed by atoms with Crippen LogP contribution in [-0.4, -0.2) is 25.7 Å². The van der Waals surface area contributed by atoms with Crippen LogP contribution in [0.1, 0.15) is 12.5 Å². The molecule has 0 bridgehead atoms. The second-order valence-corrected chi connectivity index (χ2v) is 9.97. The van der Waals surface area contributed by atoms with E-state index < -0.39 is 5.25 Å². The highest BCUT2D eigenvalue weighted by molar-refractivity contribution is 8.00. The molecule has 3 aromatic carbocycles. The summed E-state index contributed by atoms with van der Waals surface area (Å²) in [6, 6.07) is 22.6. The minimum Gasteiger partial charge on any atom is -0.301 e. The van der Waals surface area contributed by atoms with Crippen LogP contribution in [0, 0.1) is 6.92 Å². The predicted molar refractivity (Wildman–Crippen MR) is 136 cm³/mol. The van der Waals surface area contributed by atoms with Crippen LogP contribution in [0.15, 0.2) is 82.7 Å². The van der Waals surface area contributed by atoms with Crippen molar-refractivity contribution in [3.63, 3.8) is 0 Å². The van der Waals surface area contributed by atoms with Gasteiger partial charge in [-0.05, 0) is 55.8 Å². The van der Waals surface area contributed by atoms with Gasteiger partial charge < -0.3 is 5.32 Å². The van der Waals surface area contributed by atoms with Crippen LogP contribution in [0.4, 0.5) is 5.13 Å². The third kappa shape index (κ3) is 4.27. The fourth-order valence-corrected chi connectivity index (χ4v) is 5.39. The van der Waals surface area contributed by atoms with Crippen molar-refractivity contribution in [2.45, 2.75) is 24.3 Å². The van der Waals surface area contributed by atoms with Crippen LogP contribution in [0.2, 0.25) is 0 Å². The maximum Gasteiger partial charge on any atom is 0.266 e. The topological polar surface area (TPSA) is 76.9 Å². The molecule has 6 nitrogen and oxygen atoms in total. The highest BCUT2D eigenvalue weighted by Crippen LogP contribution is 2.29. The van der Waals surface area contributed by atoms with Crippen LogP contribution < -0.4 is 10.9 Å². The van der Waals surface area contributed by atoms with Gasteiger partial charge in [0.15, 0.2) is 10.3 Å². The number of nitrogens with zero attached hydrogens (tertiary/aromatic N) is 3. The van der Waals surface area contributed by atoms with Gasteiger partial charge in [0.1, 0.15) is 0 Å². The van der Waals surface area contributed by atoms with E-state index in [0.29, 0.717) is 26.9 Å². The van der Waals surface area contributed by atoms with Crippen molar-refractivity contribution in [3.8, 4) is 5.69 Å². The molecule has 1 amide bonds. The van der Waals surface area contributed by atoms with Crippen molar-refractivity contribution in [1.29, 1.82) is 0 Å². The van der Waals surface area contributed by atoms with Crippen molar-refractivity contribution in [1.82, 2.24) is 14.5 Å². The zero-order valence-electron chi connectivity index (χ0n) is 18.0. The van der Waals surface area contributed by atoms with Gasteiger partial charge in [0.25, 0.3) is 5.56 Å². The summed E-state index contributed by atoms with van der Waals surface area (Å²) < 4.78 is 2.59. The molecule has 8 heteroatoms. The molecule has 0 aliphatic heterocycles. The molecule has 5 rings (SSSR count). The van der Waals surface area contributed by atoms with Gasteiger partial charge >= 0.3 is 0 Å². The van der Waals surface area contributed by atoms with E-state index in [0.717, 1.165) is 15.8 Å². The molecule has 5 aromatic rings. The number of rotatable bonds is 5. The molecular formula is C25H20N4O2S2. The number of aryl methyl sites for hydroxylation is 1. The molecule has 0 saturated heterocycles. The molecule has 0 spiro atoms. The predicted octanol–water partition coefficient (Wildman–Crippen LogP) is 5.42. The molecule has 0 aliphatic rings. The van der Waals surface area contributed by atoms with E-state index in [9.17, 15) is 9.59 Å². The van der Waals surface area contributed by atoms with Crippen molar-refractivity contribution >= 4 is 55.3 Å². The second kappa shape index (κ2) is 8.80. The number of carbonyl (C=O) groups is 1. The smallest absolute Gasteiger partial charge is 0.266 e. The Morgan fingerprint density at radius 2 is 1.76 bits per heavy atom. The van der Waals surface area contributed by atoms with Gasteiger partial charge in [-0.15, -0.1) is 0 Å². The molecule has 0 radical (unpaired) electrons. The Kier molecular flexibility index (Phi) is 5.70. The first-order valence-electron chi connectivity index (χ1n) is 10.4. The first-order valence-corrected chi connectivity index (χ1v) is 12.1. The number of thioether (sulfide) groups is 1. The van der Waals surface area contributed by atoms with Gasteiger partial charge in [-0.2, -0.15) is 0 Å². The average Bonchev–Trinajstić information content (AvgIpc) is 3.21.